The Kier molecular flexibility index (Phi) is 3.50. The SMILES string of the molecule is Cc1ccc(N)c(OCC2CCOc3ccccc32)c1. The van der Waals surface area contributed by atoms with Gasteiger partial charge in [-0.25, -0.2) is 0 Å². The fourth-order valence-electron chi connectivity index (χ4n) is 2.55. The van der Waals surface area contributed by atoms with Crippen molar-refractivity contribution in [1.29, 1.82) is 0 Å². The number of nitrogens with two attached hydrogens (primary N) is 1. The molecule has 1 aliphatic rings. The van der Waals surface area contributed by atoms with Crippen LogP contribution >= 0.6 is 0 Å². The Morgan fingerprint density at radius 2 is 2.10 bits per heavy atom. The van der Waals surface area contributed by atoms with Crippen LogP contribution in [0.25, 0.3) is 0 Å². The van der Waals surface area contributed by atoms with Crippen molar-refractivity contribution in [2.75, 3.05) is 18.9 Å². The highest BCUT2D eigenvalue weighted by atomic mass is 16.5. The fourth-order valence-corrected chi connectivity index (χ4v) is 2.55. The highest BCUT2D eigenvalue weighted by molar-refractivity contribution is 5.53. The number of rotatable bonds is 3. The third-order valence-corrected chi connectivity index (χ3v) is 3.69. The van der Waals surface area contributed by atoms with Gasteiger partial charge < -0.3 is 15.2 Å². The van der Waals surface area contributed by atoms with Crippen LogP contribution in [0.1, 0.15) is 23.5 Å². The summed E-state index contributed by atoms with van der Waals surface area (Å²) in [4.78, 5) is 0. The summed E-state index contributed by atoms with van der Waals surface area (Å²) in [6, 6.07) is 14.0. The molecule has 0 radical (unpaired) electrons. The molecule has 3 rings (SSSR count). The number of hydrogen-bond acceptors (Lipinski definition) is 3. The lowest BCUT2D eigenvalue weighted by atomic mass is 9.94. The first kappa shape index (κ1) is 12.9. The number of hydrogen-bond donors (Lipinski definition) is 1. The Hall–Kier alpha value is -2.16. The molecule has 0 aliphatic carbocycles. The Morgan fingerprint density at radius 3 is 3.00 bits per heavy atom. The number of aryl methyl sites for hydroxylation is 1. The van der Waals surface area contributed by atoms with Crippen LogP contribution in [0.5, 0.6) is 11.5 Å². The number of ether oxygens (including phenoxy) is 2. The highest BCUT2D eigenvalue weighted by Crippen LogP contribution is 2.34. The molecule has 2 aromatic carbocycles. The second kappa shape index (κ2) is 5.45. The topological polar surface area (TPSA) is 44.5 Å². The molecule has 20 heavy (non-hydrogen) atoms. The standard InChI is InChI=1S/C17H19NO2/c1-12-6-7-15(18)17(10-12)20-11-13-8-9-19-16-5-3-2-4-14(13)16/h2-7,10,13H,8-9,11,18H2,1H3. The first-order valence-corrected chi connectivity index (χ1v) is 6.94. The van der Waals surface area contributed by atoms with Gasteiger partial charge in [-0.1, -0.05) is 24.3 Å². The summed E-state index contributed by atoms with van der Waals surface area (Å²) in [6.07, 6.45) is 0.975. The van der Waals surface area contributed by atoms with E-state index in [2.05, 4.69) is 6.07 Å². The third-order valence-electron chi connectivity index (χ3n) is 3.69. The van der Waals surface area contributed by atoms with Crippen LogP contribution < -0.4 is 15.2 Å². The second-order valence-electron chi connectivity index (χ2n) is 5.22. The Bertz CT molecular complexity index is 610. The van der Waals surface area contributed by atoms with Gasteiger partial charge in [-0.15, -0.1) is 0 Å². The average Bonchev–Trinajstić information content (AvgIpc) is 2.48. The predicted molar refractivity (Wildman–Crippen MR) is 80.4 cm³/mol. The van der Waals surface area contributed by atoms with E-state index in [1.54, 1.807) is 0 Å². The molecule has 0 saturated carbocycles. The summed E-state index contributed by atoms with van der Waals surface area (Å²) in [6.45, 7) is 3.42. The largest absolute Gasteiger partial charge is 0.493 e. The van der Waals surface area contributed by atoms with Crippen LogP contribution in [0.4, 0.5) is 5.69 Å². The lowest BCUT2D eigenvalue weighted by molar-refractivity contribution is 0.218. The van der Waals surface area contributed by atoms with Crippen LogP contribution in [-0.2, 0) is 0 Å². The average molecular weight is 269 g/mol. The summed E-state index contributed by atoms with van der Waals surface area (Å²) in [5.74, 6) is 2.11. The van der Waals surface area contributed by atoms with Gasteiger partial charge in [0.15, 0.2) is 0 Å². The number of nitrogen functional groups attached to an aromatic ring is 1. The Balaban J connectivity index is 1.75. The lowest BCUT2D eigenvalue weighted by Gasteiger charge is -2.26. The molecule has 0 spiro atoms. The summed E-state index contributed by atoms with van der Waals surface area (Å²) in [7, 11) is 0. The minimum atomic E-state index is 0.361. The third kappa shape index (κ3) is 2.57. The molecule has 0 bridgehead atoms. The molecular formula is C17H19NO2. The van der Waals surface area contributed by atoms with Gasteiger partial charge >= 0.3 is 0 Å². The normalized spacial score (nSPS) is 17.1. The molecule has 2 N–H and O–H groups in total. The highest BCUT2D eigenvalue weighted by Gasteiger charge is 2.21. The van der Waals surface area contributed by atoms with E-state index in [0.717, 1.165) is 30.1 Å². The number of para-hydroxylation sites is 1. The van der Waals surface area contributed by atoms with Crippen molar-refractivity contribution in [2.24, 2.45) is 0 Å². The zero-order chi connectivity index (χ0) is 13.9. The number of benzene rings is 2. The predicted octanol–water partition coefficient (Wildman–Crippen LogP) is 3.52. The van der Waals surface area contributed by atoms with Crippen LogP contribution in [0.2, 0.25) is 0 Å². The molecule has 1 unspecified atom stereocenters. The molecule has 1 aliphatic heterocycles. The number of fused-ring (bicyclic) bond motifs is 1. The molecular weight excluding hydrogens is 250 g/mol. The van der Waals surface area contributed by atoms with Crippen LogP contribution in [0.15, 0.2) is 42.5 Å². The molecule has 0 fully saturated rings. The minimum Gasteiger partial charge on any atom is -0.493 e. The fraction of sp³-hybridized carbons (Fsp3) is 0.294. The van der Waals surface area contributed by atoms with Gasteiger partial charge in [0.05, 0.1) is 18.9 Å². The van der Waals surface area contributed by atoms with Crippen molar-refractivity contribution >= 4 is 5.69 Å². The van der Waals surface area contributed by atoms with Gasteiger partial charge in [0.1, 0.15) is 11.5 Å². The van der Waals surface area contributed by atoms with Gasteiger partial charge in [0.2, 0.25) is 0 Å². The maximum atomic E-state index is 5.95. The summed E-state index contributed by atoms with van der Waals surface area (Å²) in [5, 5.41) is 0. The van der Waals surface area contributed by atoms with Crippen molar-refractivity contribution in [2.45, 2.75) is 19.3 Å². The van der Waals surface area contributed by atoms with Crippen molar-refractivity contribution < 1.29 is 9.47 Å². The molecule has 1 atom stereocenters. The zero-order valence-electron chi connectivity index (χ0n) is 11.6. The summed E-state index contributed by atoms with van der Waals surface area (Å²) < 4.78 is 11.6. The van der Waals surface area contributed by atoms with E-state index in [-0.39, 0.29) is 0 Å². The van der Waals surface area contributed by atoms with Crippen LogP contribution in [0, 0.1) is 6.92 Å². The Labute approximate surface area is 119 Å². The van der Waals surface area contributed by atoms with E-state index in [1.807, 2.05) is 43.3 Å². The minimum absolute atomic E-state index is 0.361. The van der Waals surface area contributed by atoms with E-state index in [0.29, 0.717) is 18.2 Å². The molecule has 0 amide bonds. The zero-order valence-corrected chi connectivity index (χ0v) is 11.6. The second-order valence-corrected chi connectivity index (χ2v) is 5.22. The van der Waals surface area contributed by atoms with Gasteiger partial charge in [0, 0.05) is 11.5 Å². The maximum absolute atomic E-state index is 5.95. The number of anilines is 1. The quantitative estimate of drug-likeness (QED) is 0.867. The molecule has 3 heteroatoms. The van der Waals surface area contributed by atoms with E-state index in [1.165, 1.54) is 5.56 Å². The monoisotopic (exact) mass is 269 g/mol. The lowest BCUT2D eigenvalue weighted by Crippen LogP contribution is -2.19. The van der Waals surface area contributed by atoms with Crippen molar-refractivity contribution in [1.82, 2.24) is 0 Å². The Morgan fingerprint density at radius 1 is 1.25 bits per heavy atom. The van der Waals surface area contributed by atoms with Crippen LogP contribution in [-0.4, -0.2) is 13.2 Å². The molecule has 3 nitrogen and oxygen atoms in total. The van der Waals surface area contributed by atoms with Gasteiger partial charge in [-0.3, -0.25) is 0 Å². The van der Waals surface area contributed by atoms with Crippen molar-refractivity contribution in [3.8, 4) is 11.5 Å². The first-order chi connectivity index (χ1) is 9.74. The van der Waals surface area contributed by atoms with E-state index < -0.39 is 0 Å². The van der Waals surface area contributed by atoms with E-state index in [4.69, 9.17) is 15.2 Å². The van der Waals surface area contributed by atoms with Gasteiger partial charge in [-0.2, -0.15) is 0 Å². The first-order valence-electron chi connectivity index (χ1n) is 6.94. The summed E-state index contributed by atoms with van der Waals surface area (Å²) >= 11 is 0. The summed E-state index contributed by atoms with van der Waals surface area (Å²) in [5.41, 5.74) is 9.02. The molecule has 0 saturated heterocycles. The molecule has 2 aromatic rings. The molecule has 1 heterocycles. The van der Waals surface area contributed by atoms with Gasteiger partial charge in [0.25, 0.3) is 0 Å². The molecule has 104 valence electrons. The van der Waals surface area contributed by atoms with Crippen molar-refractivity contribution in [3.63, 3.8) is 0 Å². The maximum Gasteiger partial charge on any atom is 0.142 e. The smallest absolute Gasteiger partial charge is 0.142 e. The van der Waals surface area contributed by atoms with Gasteiger partial charge in [-0.05, 0) is 37.1 Å². The van der Waals surface area contributed by atoms with Crippen LogP contribution in [0.3, 0.4) is 0 Å². The van der Waals surface area contributed by atoms with E-state index >= 15 is 0 Å². The molecule has 0 aromatic heterocycles. The van der Waals surface area contributed by atoms with Crippen molar-refractivity contribution in [3.05, 3.63) is 53.6 Å². The van der Waals surface area contributed by atoms with E-state index in [9.17, 15) is 0 Å².